The Morgan fingerprint density at radius 2 is 2.11 bits per heavy atom. The van der Waals surface area contributed by atoms with Gasteiger partial charge in [0, 0.05) is 54.8 Å². The number of nitrogens with zero attached hydrogens (tertiary/aromatic N) is 2. The van der Waals surface area contributed by atoms with Gasteiger partial charge >= 0.3 is 0 Å². The number of hydrogen-bond acceptors (Lipinski definition) is 4. The molecule has 6 heteroatoms. The Labute approximate surface area is 159 Å². The third-order valence-electron chi connectivity index (χ3n) is 6.27. The lowest BCUT2D eigenvalue weighted by atomic mass is 9.82. The zero-order chi connectivity index (χ0) is 18.2. The molecule has 2 aromatic rings. The second-order valence-electron chi connectivity index (χ2n) is 7.88. The van der Waals surface area contributed by atoms with Gasteiger partial charge in [0.15, 0.2) is 0 Å². The molecule has 142 valence electrons. The maximum Gasteiger partial charge on any atom is 0.226 e. The van der Waals surface area contributed by atoms with Crippen LogP contribution in [0.1, 0.15) is 30.5 Å². The first-order chi connectivity index (χ1) is 13.3. The van der Waals surface area contributed by atoms with E-state index in [0.717, 1.165) is 56.6 Å². The van der Waals surface area contributed by atoms with Crippen LogP contribution in [0.25, 0.3) is 11.3 Å². The smallest absolute Gasteiger partial charge is 0.226 e. The van der Waals surface area contributed by atoms with Crippen LogP contribution in [0.15, 0.2) is 30.3 Å². The Bertz CT molecular complexity index is 819. The second-order valence-corrected chi connectivity index (χ2v) is 7.88. The molecule has 2 fully saturated rings. The van der Waals surface area contributed by atoms with Crippen LogP contribution in [-0.2, 0) is 22.5 Å². The molecule has 6 nitrogen and oxygen atoms in total. The van der Waals surface area contributed by atoms with Crippen LogP contribution in [0, 0.1) is 5.92 Å². The van der Waals surface area contributed by atoms with Crippen molar-refractivity contribution in [1.29, 1.82) is 0 Å². The molecule has 1 aliphatic carbocycles. The number of ether oxygens (including phenoxy) is 1. The van der Waals surface area contributed by atoms with Crippen molar-refractivity contribution in [2.75, 3.05) is 19.7 Å². The molecule has 1 saturated heterocycles. The highest BCUT2D eigenvalue weighted by molar-refractivity contribution is 5.80. The molecule has 2 aliphatic heterocycles. The van der Waals surface area contributed by atoms with Gasteiger partial charge in [-0.05, 0) is 19.3 Å². The summed E-state index contributed by atoms with van der Waals surface area (Å²) in [6.07, 6.45) is 3.94. The van der Waals surface area contributed by atoms with Crippen molar-refractivity contribution in [3.63, 3.8) is 0 Å². The quantitative estimate of drug-likeness (QED) is 0.854. The Kier molecular flexibility index (Phi) is 4.45. The number of nitrogens with one attached hydrogen (secondary N) is 2. The van der Waals surface area contributed by atoms with Gasteiger partial charge < -0.3 is 15.0 Å². The van der Waals surface area contributed by atoms with E-state index in [4.69, 9.17) is 4.74 Å². The normalized spacial score (nSPS) is 27.7. The molecular weight excluding hydrogens is 340 g/mol. The predicted molar refractivity (Wildman–Crippen MR) is 102 cm³/mol. The molecule has 0 unspecified atom stereocenters. The van der Waals surface area contributed by atoms with Gasteiger partial charge in [-0.25, -0.2) is 0 Å². The van der Waals surface area contributed by atoms with Gasteiger partial charge in [0.25, 0.3) is 0 Å². The molecule has 0 bridgehead atoms. The number of amides is 1. The molecule has 27 heavy (non-hydrogen) atoms. The summed E-state index contributed by atoms with van der Waals surface area (Å²) in [5.74, 6) is 0.403. The standard InChI is InChI=1S/C21H26N4O2/c26-21(15-6-7-19-18(12-15)22-9-11-27-19)25-10-8-17-16(13-25)20(24-23-17)14-4-2-1-3-5-14/h1-5,15,18-19,22H,6-13H2,(H,23,24)/t15-,18+,19+/m0/s1. The number of carbonyl (C=O) groups excluding carboxylic acids is 1. The summed E-state index contributed by atoms with van der Waals surface area (Å²) in [7, 11) is 0. The molecule has 1 aromatic heterocycles. The van der Waals surface area contributed by atoms with E-state index < -0.39 is 0 Å². The lowest BCUT2D eigenvalue weighted by Crippen LogP contribution is -2.53. The average molecular weight is 366 g/mol. The molecule has 5 rings (SSSR count). The summed E-state index contributed by atoms with van der Waals surface area (Å²) >= 11 is 0. The number of carbonyl (C=O) groups is 1. The molecule has 0 radical (unpaired) electrons. The van der Waals surface area contributed by atoms with Gasteiger partial charge in [-0.2, -0.15) is 5.10 Å². The highest BCUT2D eigenvalue weighted by atomic mass is 16.5. The summed E-state index contributed by atoms with van der Waals surface area (Å²) in [6.45, 7) is 3.11. The van der Waals surface area contributed by atoms with Crippen LogP contribution in [0.5, 0.6) is 0 Å². The van der Waals surface area contributed by atoms with Crippen molar-refractivity contribution in [3.8, 4) is 11.3 Å². The molecule has 0 spiro atoms. The molecule has 1 amide bonds. The number of aromatic nitrogens is 2. The number of H-pyrrole nitrogens is 1. The number of hydrogen-bond donors (Lipinski definition) is 2. The van der Waals surface area contributed by atoms with Crippen molar-refractivity contribution >= 4 is 5.91 Å². The van der Waals surface area contributed by atoms with Crippen LogP contribution >= 0.6 is 0 Å². The van der Waals surface area contributed by atoms with Gasteiger partial charge in [0.05, 0.1) is 18.4 Å². The first-order valence-electron chi connectivity index (χ1n) is 10.0. The minimum Gasteiger partial charge on any atom is -0.375 e. The van der Waals surface area contributed by atoms with Gasteiger partial charge in [0.1, 0.15) is 0 Å². The first kappa shape index (κ1) is 17.0. The summed E-state index contributed by atoms with van der Waals surface area (Å²) in [5, 5.41) is 11.3. The fourth-order valence-electron chi connectivity index (χ4n) is 4.81. The molecule has 1 saturated carbocycles. The van der Waals surface area contributed by atoms with E-state index in [0.29, 0.717) is 18.5 Å². The van der Waals surface area contributed by atoms with Gasteiger partial charge in [0.2, 0.25) is 5.91 Å². The maximum atomic E-state index is 13.2. The third kappa shape index (κ3) is 3.17. The van der Waals surface area contributed by atoms with E-state index in [2.05, 4.69) is 27.6 Å². The van der Waals surface area contributed by atoms with Crippen molar-refractivity contribution < 1.29 is 9.53 Å². The van der Waals surface area contributed by atoms with E-state index in [1.165, 1.54) is 11.3 Å². The monoisotopic (exact) mass is 366 g/mol. The summed E-state index contributed by atoms with van der Waals surface area (Å²) in [6, 6.07) is 10.5. The van der Waals surface area contributed by atoms with Crippen molar-refractivity contribution in [2.24, 2.45) is 5.92 Å². The Morgan fingerprint density at radius 3 is 3.00 bits per heavy atom. The number of aromatic amines is 1. The predicted octanol–water partition coefficient (Wildman–Crippen LogP) is 2.12. The maximum absolute atomic E-state index is 13.2. The molecular formula is C21H26N4O2. The van der Waals surface area contributed by atoms with E-state index in [9.17, 15) is 4.79 Å². The SMILES string of the molecule is O=C([C@H]1CC[C@H]2OCCN[C@@H]2C1)N1CCc2[nH]nc(-c3ccccc3)c2C1. The topological polar surface area (TPSA) is 70.2 Å². The minimum absolute atomic E-state index is 0.106. The van der Waals surface area contributed by atoms with E-state index in [-0.39, 0.29) is 12.0 Å². The lowest BCUT2D eigenvalue weighted by molar-refractivity contribution is -0.140. The number of fused-ring (bicyclic) bond motifs is 2. The van der Waals surface area contributed by atoms with Gasteiger partial charge in [-0.3, -0.25) is 9.89 Å². The van der Waals surface area contributed by atoms with Crippen molar-refractivity contribution in [3.05, 3.63) is 41.6 Å². The highest BCUT2D eigenvalue weighted by Gasteiger charge is 2.38. The Balaban J connectivity index is 1.32. The Morgan fingerprint density at radius 1 is 1.22 bits per heavy atom. The number of morpholine rings is 1. The van der Waals surface area contributed by atoms with Crippen molar-refractivity contribution in [2.45, 2.75) is 44.4 Å². The fraction of sp³-hybridized carbons (Fsp3) is 0.524. The number of rotatable bonds is 2. The second kappa shape index (κ2) is 7.09. The molecule has 3 atom stereocenters. The van der Waals surface area contributed by atoms with Gasteiger partial charge in [-0.15, -0.1) is 0 Å². The van der Waals surface area contributed by atoms with Gasteiger partial charge in [-0.1, -0.05) is 30.3 Å². The Hall–Kier alpha value is -2.18. The number of benzene rings is 1. The van der Waals surface area contributed by atoms with Crippen LogP contribution in [0.3, 0.4) is 0 Å². The van der Waals surface area contributed by atoms with E-state index in [1.54, 1.807) is 0 Å². The molecule has 1 aromatic carbocycles. The van der Waals surface area contributed by atoms with Crippen molar-refractivity contribution in [1.82, 2.24) is 20.4 Å². The molecule has 2 N–H and O–H groups in total. The van der Waals surface area contributed by atoms with Crippen LogP contribution in [0.4, 0.5) is 0 Å². The van der Waals surface area contributed by atoms with E-state index >= 15 is 0 Å². The van der Waals surface area contributed by atoms with Crippen LogP contribution < -0.4 is 5.32 Å². The highest BCUT2D eigenvalue weighted by Crippen LogP contribution is 2.33. The minimum atomic E-state index is 0.106. The van der Waals surface area contributed by atoms with E-state index in [1.807, 2.05) is 23.1 Å². The molecule has 3 aliphatic rings. The van der Waals surface area contributed by atoms with Crippen LogP contribution in [0.2, 0.25) is 0 Å². The fourth-order valence-corrected chi connectivity index (χ4v) is 4.81. The summed E-state index contributed by atoms with van der Waals surface area (Å²) in [5.41, 5.74) is 4.43. The first-order valence-corrected chi connectivity index (χ1v) is 10.0. The largest absolute Gasteiger partial charge is 0.375 e. The average Bonchev–Trinajstić information content (AvgIpc) is 3.17. The summed E-state index contributed by atoms with van der Waals surface area (Å²) in [4.78, 5) is 15.3. The molecule has 3 heterocycles. The zero-order valence-electron chi connectivity index (χ0n) is 15.5. The third-order valence-corrected chi connectivity index (χ3v) is 6.27. The summed E-state index contributed by atoms with van der Waals surface area (Å²) < 4.78 is 5.86. The lowest BCUT2D eigenvalue weighted by Gasteiger charge is -2.41. The zero-order valence-corrected chi connectivity index (χ0v) is 15.5. The van der Waals surface area contributed by atoms with Crippen LogP contribution in [-0.4, -0.2) is 52.8 Å².